The minimum absolute atomic E-state index is 0.137. The van der Waals surface area contributed by atoms with E-state index in [1.165, 1.54) is 0 Å². The Bertz CT molecular complexity index is 611. The fraction of sp³-hybridized carbons (Fsp3) is 0.333. The van der Waals surface area contributed by atoms with Crippen molar-refractivity contribution in [1.29, 1.82) is 0 Å². The lowest BCUT2D eigenvalue weighted by Gasteiger charge is -2.18. The molecule has 0 fully saturated rings. The molecule has 0 saturated heterocycles. The van der Waals surface area contributed by atoms with Crippen molar-refractivity contribution in [1.82, 2.24) is 10.3 Å². The zero-order valence-electron chi connectivity index (χ0n) is 13.2. The van der Waals surface area contributed by atoms with Crippen molar-refractivity contribution in [2.75, 3.05) is 0 Å². The molecule has 2 rings (SSSR count). The molecule has 1 aromatic carbocycles. The number of rotatable bonds is 6. The standard InChI is InChI=1S/C18H22N2O2/c1-13(2)16-8-4-5-9-17(16)22-14(3)18(21)20-12-15-7-6-10-19-11-15/h4-11,13-14H,12H2,1-3H3,(H,20,21). The molecule has 0 aliphatic rings. The molecule has 0 radical (unpaired) electrons. The number of ether oxygens (including phenoxy) is 1. The van der Waals surface area contributed by atoms with Gasteiger partial charge in [0.15, 0.2) is 6.10 Å². The third-order valence-electron chi connectivity index (χ3n) is 3.40. The molecule has 0 saturated carbocycles. The zero-order chi connectivity index (χ0) is 15.9. The van der Waals surface area contributed by atoms with Crippen LogP contribution in [0.4, 0.5) is 0 Å². The number of carbonyl (C=O) groups excluding carboxylic acids is 1. The minimum Gasteiger partial charge on any atom is -0.481 e. The number of nitrogens with one attached hydrogen (secondary N) is 1. The first-order chi connectivity index (χ1) is 10.6. The summed E-state index contributed by atoms with van der Waals surface area (Å²) in [5.41, 5.74) is 2.07. The van der Waals surface area contributed by atoms with Crippen LogP contribution in [0.25, 0.3) is 0 Å². The van der Waals surface area contributed by atoms with Gasteiger partial charge in [-0.25, -0.2) is 0 Å². The van der Waals surface area contributed by atoms with E-state index < -0.39 is 6.10 Å². The number of para-hydroxylation sites is 1. The molecule has 1 aromatic heterocycles. The second kappa shape index (κ2) is 7.59. The molecule has 2 aromatic rings. The lowest BCUT2D eigenvalue weighted by Crippen LogP contribution is -2.36. The van der Waals surface area contributed by atoms with Gasteiger partial charge in [0.1, 0.15) is 5.75 Å². The lowest BCUT2D eigenvalue weighted by molar-refractivity contribution is -0.127. The van der Waals surface area contributed by atoms with E-state index in [4.69, 9.17) is 4.74 Å². The van der Waals surface area contributed by atoms with Gasteiger partial charge >= 0.3 is 0 Å². The number of benzene rings is 1. The number of carbonyl (C=O) groups is 1. The minimum atomic E-state index is -0.545. The SMILES string of the molecule is CC(Oc1ccccc1C(C)C)C(=O)NCc1cccnc1. The predicted molar refractivity (Wildman–Crippen MR) is 86.7 cm³/mol. The summed E-state index contributed by atoms with van der Waals surface area (Å²) in [6.45, 7) is 6.42. The number of aromatic nitrogens is 1. The average molecular weight is 298 g/mol. The fourth-order valence-electron chi connectivity index (χ4n) is 2.14. The van der Waals surface area contributed by atoms with Crippen LogP contribution in [0.15, 0.2) is 48.8 Å². The van der Waals surface area contributed by atoms with Crippen molar-refractivity contribution >= 4 is 5.91 Å². The summed E-state index contributed by atoms with van der Waals surface area (Å²) in [6.07, 6.45) is 2.90. The van der Waals surface area contributed by atoms with Crippen LogP contribution in [0.2, 0.25) is 0 Å². The Morgan fingerprint density at radius 1 is 1.18 bits per heavy atom. The maximum absolute atomic E-state index is 12.1. The molecule has 1 unspecified atom stereocenters. The zero-order valence-corrected chi connectivity index (χ0v) is 13.2. The van der Waals surface area contributed by atoms with Gasteiger partial charge in [-0.2, -0.15) is 0 Å². The van der Waals surface area contributed by atoms with E-state index in [9.17, 15) is 4.79 Å². The van der Waals surface area contributed by atoms with E-state index >= 15 is 0 Å². The van der Waals surface area contributed by atoms with E-state index in [1.54, 1.807) is 19.3 Å². The van der Waals surface area contributed by atoms with Crippen molar-refractivity contribution in [2.24, 2.45) is 0 Å². The highest BCUT2D eigenvalue weighted by Gasteiger charge is 2.16. The third kappa shape index (κ3) is 4.32. The van der Waals surface area contributed by atoms with E-state index in [0.29, 0.717) is 12.5 Å². The molecule has 1 atom stereocenters. The summed E-state index contributed by atoms with van der Waals surface area (Å²) in [6, 6.07) is 11.6. The van der Waals surface area contributed by atoms with Gasteiger partial charge in [-0.15, -0.1) is 0 Å². The van der Waals surface area contributed by atoms with Crippen LogP contribution in [-0.2, 0) is 11.3 Å². The van der Waals surface area contributed by atoms with Crippen LogP contribution >= 0.6 is 0 Å². The molecule has 1 heterocycles. The number of pyridine rings is 1. The summed E-state index contributed by atoms with van der Waals surface area (Å²) in [5.74, 6) is 0.978. The molecule has 0 aliphatic heterocycles. The maximum Gasteiger partial charge on any atom is 0.261 e. The molecule has 116 valence electrons. The molecule has 1 amide bonds. The van der Waals surface area contributed by atoms with Crippen LogP contribution in [0, 0.1) is 0 Å². The van der Waals surface area contributed by atoms with Crippen molar-refractivity contribution in [3.8, 4) is 5.75 Å². The molecule has 4 nitrogen and oxygen atoms in total. The van der Waals surface area contributed by atoms with Crippen LogP contribution < -0.4 is 10.1 Å². The Labute approximate surface area is 131 Å². The highest BCUT2D eigenvalue weighted by atomic mass is 16.5. The second-order valence-electron chi connectivity index (χ2n) is 5.53. The van der Waals surface area contributed by atoms with Gasteiger partial charge in [0.25, 0.3) is 5.91 Å². The summed E-state index contributed by atoms with van der Waals surface area (Å²) in [5, 5.41) is 2.86. The van der Waals surface area contributed by atoms with Crippen LogP contribution in [0.3, 0.4) is 0 Å². The van der Waals surface area contributed by atoms with E-state index in [0.717, 1.165) is 16.9 Å². The monoisotopic (exact) mass is 298 g/mol. The Morgan fingerprint density at radius 3 is 2.64 bits per heavy atom. The van der Waals surface area contributed by atoms with Crippen LogP contribution in [-0.4, -0.2) is 17.0 Å². The van der Waals surface area contributed by atoms with Gasteiger partial charge in [0.2, 0.25) is 0 Å². The molecule has 22 heavy (non-hydrogen) atoms. The van der Waals surface area contributed by atoms with Gasteiger partial charge in [-0.05, 0) is 36.1 Å². The quantitative estimate of drug-likeness (QED) is 0.890. The first-order valence-corrected chi connectivity index (χ1v) is 7.50. The second-order valence-corrected chi connectivity index (χ2v) is 5.53. The highest BCUT2D eigenvalue weighted by molar-refractivity contribution is 5.80. The Balaban J connectivity index is 1.94. The van der Waals surface area contributed by atoms with Crippen LogP contribution in [0.5, 0.6) is 5.75 Å². The summed E-state index contributed by atoms with van der Waals surface area (Å²) in [4.78, 5) is 16.2. The number of hydrogen-bond donors (Lipinski definition) is 1. The van der Waals surface area contributed by atoms with Crippen molar-refractivity contribution < 1.29 is 9.53 Å². The van der Waals surface area contributed by atoms with Gasteiger partial charge in [-0.1, -0.05) is 38.1 Å². The molecule has 0 spiro atoms. The number of amides is 1. The smallest absolute Gasteiger partial charge is 0.261 e. The van der Waals surface area contributed by atoms with E-state index in [1.807, 2.05) is 36.4 Å². The molecule has 0 bridgehead atoms. The summed E-state index contributed by atoms with van der Waals surface area (Å²) < 4.78 is 5.83. The number of hydrogen-bond acceptors (Lipinski definition) is 3. The largest absolute Gasteiger partial charge is 0.481 e. The molecule has 0 aliphatic carbocycles. The Hall–Kier alpha value is -2.36. The molecule has 4 heteroatoms. The summed E-state index contributed by atoms with van der Waals surface area (Å²) in [7, 11) is 0. The highest BCUT2D eigenvalue weighted by Crippen LogP contribution is 2.26. The normalized spacial score (nSPS) is 12.0. The molecular weight excluding hydrogens is 276 g/mol. The Kier molecular flexibility index (Phi) is 5.53. The van der Waals surface area contributed by atoms with E-state index in [2.05, 4.69) is 24.1 Å². The topological polar surface area (TPSA) is 51.2 Å². The van der Waals surface area contributed by atoms with Crippen LogP contribution in [0.1, 0.15) is 37.8 Å². The van der Waals surface area contributed by atoms with Gasteiger partial charge in [-0.3, -0.25) is 9.78 Å². The first kappa shape index (κ1) is 16.0. The van der Waals surface area contributed by atoms with Crippen molar-refractivity contribution in [2.45, 2.75) is 39.3 Å². The fourth-order valence-corrected chi connectivity index (χ4v) is 2.14. The third-order valence-corrected chi connectivity index (χ3v) is 3.40. The van der Waals surface area contributed by atoms with E-state index in [-0.39, 0.29) is 5.91 Å². The maximum atomic E-state index is 12.1. The average Bonchev–Trinajstić information content (AvgIpc) is 2.53. The molecular formula is C18H22N2O2. The van der Waals surface area contributed by atoms with Gasteiger partial charge < -0.3 is 10.1 Å². The van der Waals surface area contributed by atoms with Gasteiger partial charge in [0, 0.05) is 18.9 Å². The summed E-state index contributed by atoms with van der Waals surface area (Å²) >= 11 is 0. The Morgan fingerprint density at radius 2 is 1.95 bits per heavy atom. The van der Waals surface area contributed by atoms with Crippen molar-refractivity contribution in [3.05, 3.63) is 59.9 Å². The van der Waals surface area contributed by atoms with Crippen molar-refractivity contribution in [3.63, 3.8) is 0 Å². The van der Waals surface area contributed by atoms with Gasteiger partial charge in [0.05, 0.1) is 0 Å². The lowest BCUT2D eigenvalue weighted by atomic mass is 10.0. The predicted octanol–water partition coefficient (Wildman–Crippen LogP) is 3.29. The molecule has 1 N–H and O–H groups in total. The number of nitrogens with zero attached hydrogens (tertiary/aromatic N) is 1. The first-order valence-electron chi connectivity index (χ1n) is 7.50.